The molecule has 2 N–H and O–H groups in total. The second-order valence-corrected chi connectivity index (χ2v) is 4.67. The first-order valence-electron chi connectivity index (χ1n) is 6.19. The summed E-state index contributed by atoms with van der Waals surface area (Å²) in [6, 6.07) is 5.78. The number of alkyl halides is 6. The van der Waals surface area contributed by atoms with Crippen LogP contribution in [0.25, 0.3) is 0 Å². The quantitative estimate of drug-likeness (QED) is 0.498. The summed E-state index contributed by atoms with van der Waals surface area (Å²) in [5.74, 6) is -1.22. The molecule has 0 saturated heterocycles. The minimum absolute atomic E-state index is 0.333. The Hall–Kier alpha value is -2.51. The van der Waals surface area contributed by atoms with E-state index in [-0.39, 0.29) is 5.69 Å². The Morgan fingerprint density at radius 3 is 2.00 bits per heavy atom. The van der Waals surface area contributed by atoms with Crippen molar-refractivity contribution in [2.45, 2.75) is 12.4 Å². The minimum Gasteiger partial charge on any atom is -0.398 e. The van der Waals surface area contributed by atoms with Crippen LogP contribution in [0.15, 0.2) is 42.5 Å². The number of anilines is 1. The summed E-state index contributed by atoms with van der Waals surface area (Å²) in [7, 11) is 0. The van der Waals surface area contributed by atoms with Gasteiger partial charge >= 0.3 is 12.4 Å². The molecule has 122 valence electrons. The van der Waals surface area contributed by atoms with Crippen LogP contribution in [0.5, 0.6) is 0 Å². The second kappa shape index (κ2) is 5.60. The molecule has 8 heteroatoms. The lowest BCUT2D eigenvalue weighted by Crippen LogP contribution is -2.16. The summed E-state index contributed by atoms with van der Waals surface area (Å²) in [5, 5.41) is 0. The molecule has 0 aliphatic carbocycles. The van der Waals surface area contributed by atoms with Gasteiger partial charge in [0.1, 0.15) is 0 Å². The maximum absolute atomic E-state index is 12.9. The Balaban J connectivity index is 2.59. The molecule has 23 heavy (non-hydrogen) atoms. The van der Waals surface area contributed by atoms with E-state index in [1.807, 2.05) is 0 Å². The number of carbonyl (C=O) groups is 1. The maximum Gasteiger partial charge on any atom is 0.417 e. The van der Waals surface area contributed by atoms with E-state index < -0.39 is 40.4 Å². The predicted molar refractivity (Wildman–Crippen MR) is 70.7 cm³/mol. The van der Waals surface area contributed by atoms with Crippen LogP contribution in [0.3, 0.4) is 0 Å². The molecule has 0 bridgehead atoms. The molecule has 0 fully saturated rings. The van der Waals surface area contributed by atoms with Gasteiger partial charge in [0, 0.05) is 16.8 Å². The standard InChI is InChI=1S/C15H9F6NO/c16-14(17,18)8-5-6-12(22)10(7-8)13(23)9-3-1-2-4-11(9)15(19,20)21/h1-7H,22H2. The van der Waals surface area contributed by atoms with Gasteiger partial charge in [0.05, 0.1) is 11.1 Å². The van der Waals surface area contributed by atoms with Gasteiger partial charge < -0.3 is 5.73 Å². The average molecular weight is 333 g/mol. The summed E-state index contributed by atoms with van der Waals surface area (Å²) in [6.07, 6.45) is -9.56. The monoisotopic (exact) mass is 333 g/mol. The molecule has 0 aliphatic rings. The van der Waals surface area contributed by atoms with Crippen LogP contribution in [0.2, 0.25) is 0 Å². The van der Waals surface area contributed by atoms with Gasteiger partial charge in [0.2, 0.25) is 0 Å². The normalized spacial score (nSPS) is 12.3. The summed E-state index contributed by atoms with van der Waals surface area (Å²) < 4.78 is 76.9. The largest absolute Gasteiger partial charge is 0.417 e. The number of halogens is 6. The maximum atomic E-state index is 12.9. The Kier molecular flexibility index (Phi) is 4.10. The fourth-order valence-electron chi connectivity index (χ4n) is 2.00. The van der Waals surface area contributed by atoms with E-state index in [1.165, 1.54) is 6.07 Å². The first kappa shape index (κ1) is 16.9. The molecular formula is C15H9F6NO. The van der Waals surface area contributed by atoms with Gasteiger partial charge in [-0.25, -0.2) is 0 Å². The number of ketones is 1. The first-order chi connectivity index (χ1) is 10.5. The number of nitrogens with two attached hydrogens (primary N) is 1. The molecule has 0 aromatic heterocycles. The molecule has 0 amide bonds. The van der Waals surface area contributed by atoms with Crippen LogP contribution in [-0.2, 0) is 12.4 Å². The molecule has 0 saturated carbocycles. The van der Waals surface area contributed by atoms with Crippen molar-refractivity contribution in [3.63, 3.8) is 0 Å². The molecule has 0 atom stereocenters. The molecule has 2 aromatic rings. The van der Waals surface area contributed by atoms with E-state index in [4.69, 9.17) is 5.73 Å². The Bertz CT molecular complexity index is 748. The SMILES string of the molecule is Nc1ccc(C(F)(F)F)cc1C(=O)c1ccccc1C(F)(F)F. The van der Waals surface area contributed by atoms with Gasteiger partial charge in [-0.1, -0.05) is 18.2 Å². The Labute approximate surface area is 126 Å². The third kappa shape index (κ3) is 3.46. The van der Waals surface area contributed by atoms with Crippen molar-refractivity contribution in [1.29, 1.82) is 0 Å². The van der Waals surface area contributed by atoms with Gasteiger partial charge in [-0.3, -0.25) is 4.79 Å². The fraction of sp³-hybridized carbons (Fsp3) is 0.133. The van der Waals surface area contributed by atoms with Gasteiger partial charge in [-0.15, -0.1) is 0 Å². The zero-order chi connectivity index (χ0) is 17.4. The van der Waals surface area contributed by atoms with Crippen LogP contribution >= 0.6 is 0 Å². The van der Waals surface area contributed by atoms with E-state index in [2.05, 4.69) is 0 Å². The van der Waals surface area contributed by atoms with E-state index in [0.29, 0.717) is 18.2 Å². The van der Waals surface area contributed by atoms with Crippen LogP contribution in [-0.4, -0.2) is 5.78 Å². The molecule has 2 aromatic carbocycles. The highest BCUT2D eigenvalue weighted by Gasteiger charge is 2.36. The molecule has 0 spiro atoms. The number of hydrogen-bond donors (Lipinski definition) is 1. The zero-order valence-electron chi connectivity index (χ0n) is 11.3. The van der Waals surface area contributed by atoms with Gasteiger partial charge in [-0.05, 0) is 24.3 Å². The van der Waals surface area contributed by atoms with Gasteiger partial charge in [0.15, 0.2) is 5.78 Å². The van der Waals surface area contributed by atoms with E-state index in [0.717, 1.165) is 18.2 Å². The van der Waals surface area contributed by atoms with Gasteiger partial charge in [0.25, 0.3) is 0 Å². The fourth-order valence-corrected chi connectivity index (χ4v) is 2.00. The Morgan fingerprint density at radius 2 is 1.43 bits per heavy atom. The van der Waals surface area contributed by atoms with Crippen molar-refractivity contribution in [3.8, 4) is 0 Å². The third-order valence-corrected chi connectivity index (χ3v) is 3.10. The number of nitrogen functional groups attached to an aromatic ring is 1. The van der Waals surface area contributed by atoms with E-state index >= 15 is 0 Å². The molecule has 0 heterocycles. The average Bonchev–Trinajstić information content (AvgIpc) is 2.45. The second-order valence-electron chi connectivity index (χ2n) is 4.67. The highest BCUT2D eigenvalue weighted by molar-refractivity contribution is 6.13. The van der Waals surface area contributed by atoms with Crippen molar-refractivity contribution < 1.29 is 31.1 Å². The molecule has 0 unspecified atom stereocenters. The summed E-state index contributed by atoms with van der Waals surface area (Å²) >= 11 is 0. The van der Waals surface area contributed by atoms with Crippen LogP contribution in [0.4, 0.5) is 32.0 Å². The first-order valence-corrected chi connectivity index (χ1v) is 6.19. The zero-order valence-corrected chi connectivity index (χ0v) is 11.3. The predicted octanol–water partition coefficient (Wildman–Crippen LogP) is 4.54. The van der Waals surface area contributed by atoms with Crippen LogP contribution < -0.4 is 5.73 Å². The lowest BCUT2D eigenvalue weighted by Gasteiger charge is -2.14. The summed E-state index contributed by atoms with van der Waals surface area (Å²) in [4.78, 5) is 12.3. The third-order valence-electron chi connectivity index (χ3n) is 3.10. The molecule has 0 radical (unpaired) electrons. The highest BCUT2D eigenvalue weighted by atomic mass is 19.4. The number of rotatable bonds is 2. The summed E-state index contributed by atoms with van der Waals surface area (Å²) in [6.45, 7) is 0. The lowest BCUT2D eigenvalue weighted by molar-refractivity contribution is -0.138. The Morgan fingerprint density at radius 1 is 0.826 bits per heavy atom. The molecule has 2 nitrogen and oxygen atoms in total. The van der Waals surface area contributed by atoms with Crippen molar-refractivity contribution in [3.05, 3.63) is 64.7 Å². The van der Waals surface area contributed by atoms with Crippen LogP contribution in [0.1, 0.15) is 27.0 Å². The number of hydrogen-bond acceptors (Lipinski definition) is 2. The smallest absolute Gasteiger partial charge is 0.398 e. The van der Waals surface area contributed by atoms with Crippen molar-refractivity contribution in [1.82, 2.24) is 0 Å². The topological polar surface area (TPSA) is 43.1 Å². The van der Waals surface area contributed by atoms with Crippen LogP contribution in [0, 0.1) is 0 Å². The van der Waals surface area contributed by atoms with Crippen molar-refractivity contribution >= 4 is 11.5 Å². The number of carbonyl (C=O) groups excluding carboxylic acids is 1. The molecule has 0 aliphatic heterocycles. The minimum atomic E-state index is -4.82. The van der Waals surface area contributed by atoms with Crippen molar-refractivity contribution in [2.75, 3.05) is 5.73 Å². The van der Waals surface area contributed by atoms with Crippen molar-refractivity contribution in [2.24, 2.45) is 0 Å². The summed E-state index contributed by atoms with van der Waals surface area (Å²) in [5.41, 5.74) is 1.34. The number of benzene rings is 2. The molecular weight excluding hydrogens is 324 g/mol. The lowest BCUT2D eigenvalue weighted by atomic mass is 9.95. The molecule has 2 rings (SSSR count). The van der Waals surface area contributed by atoms with E-state index in [9.17, 15) is 31.1 Å². The van der Waals surface area contributed by atoms with Gasteiger partial charge in [-0.2, -0.15) is 26.3 Å². The van der Waals surface area contributed by atoms with E-state index in [1.54, 1.807) is 0 Å². The highest BCUT2D eigenvalue weighted by Crippen LogP contribution is 2.35.